The van der Waals surface area contributed by atoms with Crippen LogP contribution < -0.4 is 0 Å². The number of aromatic nitrogens is 1. The van der Waals surface area contributed by atoms with Crippen LogP contribution in [0.15, 0.2) is 35.3 Å². The molecule has 5 nitrogen and oxygen atoms in total. The predicted octanol–water partition coefficient (Wildman–Crippen LogP) is 4.52. The largest absolute Gasteiger partial charge is 0.336 e. The van der Waals surface area contributed by atoms with Gasteiger partial charge in [0.25, 0.3) is 5.91 Å². The summed E-state index contributed by atoms with van der Waals surface area (Å²) in [5, 5.41) is 0.962. The van der Waals surface area contributed by atoms with Crippen LogP contribution in [0.4, 0.5) is 4.39 Å². The van der Waals surface area contributed by atoms with E-state index in [1.54, 1.807) is 13.0 Å². The van der Waals surface area contributed by atoms with E-state index in [1.807, 2.05) is 17.2 Å². The Kier molecular flexibility index (Phi) is 5.13. The van der Waals surface area contributed by atoms with Gasteiger partial charge in [-0.15, -0.1) is 0 Å². The number of benzene rings is 2. The van der Waals surface area contributed by atoms with E-state index in [1.165, 1.54) is 6.07 Å². The van der Waals surface area contributed by atoms with Gasteiger partial charge in [0.05, 0.1) is 17.6 Å². The van der Waals surface area contributed by atoms with Gasteiger partial charge < -0.3 is 14.4 Å². The van der Waals surface area contributed by atoms with Crippen LogP contribution in [-0.2, 0) is 6.54 Å². The lowest BCUT2D eigenvalue weighted by Gasteiger charge is -2.32. The van der Waals surface area contributed by atoms with Gasteiger partial charge in [-0.3, -0.25) is 9.79 Å². The highest BCUT2D eigenvalue weighted by atomic mass is 19.1. The maximum absolute atomic E-state index is 14.1. The van der Waals surface area contributed by atoms with Gasteiger partial charge in [0.15, 0.2) is 0 Å². The van der Waals surface area contributed by atoms with Crippen molar-refractivity contribution in [3.05, 3.63) is 64.1 Å². The van der Waals surface area contributed by atoms with Crippen molar-refractivity contribution in [3.8, 4) is 5.69 Å². The van der Waals surface area contributed by atoms with Crippen molar-refractivity contribution in [2.24, 2.45) is 4.99 Å². The number of halogens is 1. The Morgan fingerprint density at radius 3 is 2.53 bits per heavy atom. The second-order valence-electron chi connectivity index (χ2n) is 9.32. The maximum atomic E-state index is 14.1. The minimum absolute atomic E-state index is 0.0863. The molecule has 5 rings (SSSR count). The summed E-state index contributed by atoms with van der Waals surface area (Å²) in [4.78, 5) is 22.6. The van der Waals surface area contributed by atoms with E-state index in [4.69, 9.17) is 0 Å². The molecule has 0 radical (unpaired) electrons. The number of rotatable bonds is 3. The maximum Gasteiger partial charge on any atom is 0.256 e. The predicted molar refractivity (Wildman–Crippen MR) is 127 cm³/mol. The second-order valence-corrected chi connectivity index (χ2v) is 9.32. The van der Waals surface area contributed by atoms with Crippen LogP contribution in [0.2, 0.25) is 0 Å². The van der Waals surface area contributed by atoms with Crippen molar-refractivity contribution < 1.29 is 9.18 Å². The molecular formula is C26H29FN4O. The van der Waals surface area contributed by atoms with Crippen molar-refractivity contribution >= 4 is 23.0 Å². The molecule has 0 atom stereocenters. The quantitative estimate of drug-likeness (QED) is 0.611. The number of piperazine rings is 1. The van der Waals surface area contributed by atoms with Gasteiger partial charge in [-0.25, -0.2) is 4.39 Å². The molecule has 0 saturated carbocycles. The van der Waals surface area contributed by atoms with E-state index in [2.05, 4.69) is 47.5 Å². The Balaban J connectivity index is 1.78. The number of likely N-dealkylation sites (N-methyl/N-ethyl adjacent to an activating group) is 1. The molecule has 1 aromatic heterocycles. The average Bonchev–Trinajstić information content (AvgIpc) is 3.36. The molecule has 6 heteroatoms. The van der Waals surface area contributed by atoms with E-state index in [0.29, 0.717) is 12.1 Å². The Labute approximate surface area is 188 Å². The van der Waals surface area contributed by atoms with Crippen molar-refractivity contribution in [1.29, 1.82) is 0 Å². The van der Waals surface area contributed by atoms with Gasteiger partial charge in [0, 0.05) is 49.2 Å². The van der Waals surface area contributed by atoms with E-state index in [9.17, 15) is 9.18 Å². The highest BCUT2D eigenvalue weighted by Gasteiger charge is 2.30. The van der Waals surface area contributed by atoms with E-state index >= 15 is 0 Å². The van der Waals surface area contributed by atoms with Crippen molar-refractivity contribution in [3.63, 3.8) is 0 Å². The monoisotopic (exact) mass is 432 g/mol. The third kappa shape index (κ3) is 3.34. The number of aryl methyl sites for hydroxylation is 1. The number of nitrogens with zero attached hydrogens (tertiary/aromatic N) is 4. The normalized spacial score (nSPS) is 16.4. The standard InChI is InChI=1S/C26H29FN4O/c1-16(2)25-24(26(32)30-9-7-29(4)8-10-30)21-12-18-14-28-15-19(18)13-23(21)31(25)20-5-6-22(27)17(3)11-20/h5-6,11-13,15-16H,7-10,14H2,1-4H3. The molecule has 0 aliphatic carbocycles. The fourth-order valence-electron chi connectivity index (χ4n) is 4.90. The number of aliphatic imine (C=N–C) groups is 1. The molecular weight excluding hydrogens is 403 g/mol. The molecule has 32 heavy (non-hydrogen) atoms. The number of hydrogen-bond donors (Lipinski definition) is 0. The van der Waals surface area contributed by atoms with Gasteiger partial charge >= 0.3 is 0 Å². The Morgan fingerprint density at radius 1 is 1.09 bits per heavy atom. The first-order valence-corrected chi connectivity index (χ1v) is 11.3. The molecule has 1 fully saturated rings. The Morgan fingerprint density at radius 2 is 1.84 bits per heavy atom. The minimum Gasteiger partial charge on any atom is -0.336 e. The van der Waals surface area contributed by atoms with Gasteiger partial charge in [-0.05, 0) is 66.9 Å². The van der Waals surface area contributed by atoms with Crippen molar-refractivity contribution in [2.45, 2.75) is 33.2 Å². The Bertz CT molecular complexity index is 1250. The lowest BCUT2D eigenvalue weighted by molar-refractivity contribution is 0.0664. The second kappa shape index (κ2) is 7.85. The number of carbonyl (C=O) groups excluding carboxylic acids is 1. The molecule has 0 bridgehead atoms. The summed E-state index contributed by atoms with van der Waals surface area (Å²) in [6.45, 7) is 9.87. The number of carbonyl (C=O) groups is 1. The lowest BCUT2D eigenvalue weighted by Crippen LogP contribution is -2.47. The SMILES string of the molecule is Cc1cc(-n2c(C(C)C)c(C(=O)N3CCN(C)CC3)c3cc4c(cc32)C=NC4)ccc1F. The molecule has 2 aromatic carbocycles. The highest BCUT2D eigenvalue weighted by Crippen LogP contribution is 2.37. The first-order chi connectivity index (χ1) is 15.3. The van der Waals surface area contributed by atoms with Crippen LogP contribution in [-0.4, -0.2) is 59.7 Å². The smallest absolute Gasteiger partial charge is 0.256 e. The lowest BCUT2D eigenvalue weighted by atomic mass is 9.99. The third-order valence-electron chi connectivity index (χ3n) is 6.71. The summed E-state index contributed by atoms with van der Waals surface area (Å²) in [5.41, 5.74) is 6.44. The number of amides is 1. The molecule has 0 spiro atoms. The molecule has 3 heterocycles. The molecule has 1 amide bonds. The molecule has 0 N–H and O–H groups in total. The zero-order chi connectivity index (χ0) is 22.6. The molecule has 1 saturated heterocycles. The summed E-state index contributed by atoms with van der Waals surface area (Å²) in [6.07, 6.45) is 1.90. The molecule has 2 aliphatic rings. The van der Waals surface area contributed by atoms with Crippen molar-refractivity contribution in [1.82, 2.24) is 14.4 Å². The van der Waals surface area contributed by atoms with Gasteiger partial charge in [0.1, 0.15) is 5.82 Å². The Hall–Kier alpha value is -2.99. The van der Waals surface area contributed by atoms with Crippen LogP contribution in [0.1, 0.15) is 52.5 Å². The van der Waals surface area contributed by atoms with Gasteiger partial charge in [0.2, 0.25) is 0 Å². The summed E-state index contributed by atoms with van der Waals surface area (Å²) in [7, 11) is 2.09. The van der Waals surface area contributed by atoms with Gasteiger partial charge in [-0.1, -0.05) is 13.8 Å². The minimum atomic E-state index is -0.224. The highest BCUT2D eigenvalue weighted by molar-refractivity contribution is 6.10. The van der Waals surface area contributed by atoms with Crippen LogP contribution in [0.3, 0.4) is 0 Å². The van der Waals surface area contributed by atoms with E-state index < -0.39 is 0 Å². The van der Waals surface area contributed by atoms with E-state index in [-0.39, 0.29) is 17.6 Å². The zero-order valence-corrected chi connectivity index (χ0v) is 19.2. The number of hydrogen-bond acceptors (Lipinski definition) is 3. The number of fused-ring (bicyclic) bond motifs is 2. The first-order valence-electron chi connectivity index (χ1n) is 11.3. The summed E-state index contributed by atoms with van der Waals surface area (Å²) in [6, 6.07) is 9.45. The summed E-state index contributed by atoms with van der Waals surface area (Å²) < 4.78 is 16.2. The molecule has 166 valence electrons. The molecule has 3 aromatic rings. The van der Waals surface area contributed by atoms with Crippen LogP contribution in [0.25, 0.3) is 16.6 Å². The zero-order valence-electron chi connectivity index (χ0n) is 19.2. The third-order valence-corrected chi connectivity index (χ3v) is 6.71. The fraction of sp³-hybridized carbons (Fsp3) is 0.385. The fourth-order valence-corrected chi connectivity index (χ4v) is 4.90. The molecule has 2 aliphatic heterocycles. The van der Waals surface area contributed by atoms with Crippen LogP contribution >= 0.6 is 0 Å². The molecule has 0 unspecified atom stereocenters. The summed E-state index contributed by atoms with van der Waals surface area (Å²) >= 11 is 0. The van der Waals surface area contributed by atoms with Crippen LogP contribution in [0.5, 0.6) is 0 Å². The van der Waals surface area contributed by atoms with Crippen molar-refractivity contribution in [2.75, 3.05) is 33.2 Å². The topological polar surface area (TPSA) is 40.8 Å². The average molecular weight is 433 g/mol. The summed E-state index contributed by atoms with van der Waals surface area (Å²) in [5.74, 6) is -0.0241. The van der Waals surface area contributed by atoms with Crippen LogP contribution in [0, 0.1) is 12.7 Å². The van der Waals surface area contributed by atoms with Gasteiger partial charge in [-0.2, -0.15) is 0 Å². The van der Waals surface area contributed by atoms with E-state index in [0.717, 1.165) is 65.2 Å². The first kappa shape index (κ1) is 20.9.